The first-order valence-electron chi connectivity index (χ1n) is 11.9. The molecule has 1 amide bonds. The average molecular weight is 538 g/mol. The number of ether oxygens (including phenoxy) is 4. The van der Waals surface area contributed by atoms with Crippen molar-refractivity contribution in [2.75, 3.05) is 27.9 Å². The summed E-state index contributed by atoms with van der Waals surface area (Å²) in [5, 5.41) is 11.7. The molecule has 0 saturated carbocycles. The van der Waals surface area contributed by atoms with Crippen LogP contribution in [0.2, 0.25) is 5.02 Å². The molecule has 8 nitrogen and oxygen atoms in total. The smallest absolute Gasteiger partial charge is 0.295 e. The summed E-state index contributed by atoms with van der Waals surface area (Å²) in [5.74, 6) is -0.221. The molecule has 9 heteroatoms. The lowest BCUT2D eigenvalue weighted by Crippen LogP contribution is -2.29. The number of ketones is 1. The highest BCUT2D eigenvalue weighted by molar-refractivity contribution is 6.46. The molecule has 1 unspecified atom stereocenters. The fourth-order valence-electron chi connectivity index (χ4n) is 4.51. The zero-order valence-electron chi connectivity index (χ0n) is 21.5. The molecule has 3 aromatic carbocycles. The van der Waals surface area contributed by atoms with Crippen LogP contribution in [0.4, 0.5) is 0 Å². The number of aliphatic hydroxyl groups excluding tert-OH is 1. The number of carbonyl (C=O) groups excluding carboxylic acids is 2. The number of amides is 1. The van der Waals surface area contributed by atoms with Crippen molar-refractivity contribution in [3.8, 4) is 23.0 Å². The van der Waals surface area contributed by atoms with Gasteiger partial charge in [-0.1, -0.05) is 41.9 Å². The molecule has 0 radical (unpaired) electrons. The zero-order chi connectivity index (χ0) is 27.4. The Hall–Kier alpha value is -4.17. The monoisotopic (exact) mass is 537 g/mol. The first-order valence-corrected chi connectivity index (χ1v) is 12.3. The molecular formula is C29H28ClNO7. The van der Waals surface area contributed by atoms with Crippen molar-refractivity contribution in [3.63, 3.8) is 0 Å². The van der Waals surface area contributed by atoms with E-state index in [9.17, 15) is 14.7 Å². The quantitative estimate of drug-likeness (QED) is 0.222. The number of Topliss-reactive ketones (excluding diaryl/α,β-unsaturated/α-hetero) is 1. The van der Waals surface area contributed by atoms with Crippen molar-refractivity contribution >= 4 is 29.1 Å². The number of hydrogen-bond acceptors (Lipinski definition) is 7. The van der Waals surface area contributed by atoms with Crippen LogP contribution in [-0.4, -0.2) is 49.6 Å². The number of para-hydroxylation sites is 1. The number of methoxy groups -OCH3 is 3. The van der Waals surface area contributed by atoms with Gasteiger partial charge in [-0.05, 0) is 36.8 Å². The van der Waals surface area contributed by atoms with E-state index < -0.39 is 23.5 Å². The van der Waals surface area contributed by atoms with Gasteiger partial charge in [0.05, 0.1) is 56.7 Å². The van der Waals surface area contributed by atoms with E-state index in [0.717, 1.165) is 0 Å². The lowest BCUT2D eigenvalue weighted by molar-refractivity contribution is -0.140. The highest BCUT2D eigenvalue weighted by Crippen LogP contribution is 2.44. The van der Waals surface area contributed by atoms with Crippen LogP contribution >= 0.6 is 11.6 Å². The van der Waals surface area contributed by atoms with Gasteiger partial charge in [-0.2, -0.15) is 0 Å². The second kappa shape index (κ2) is 11.5. The molecule has 1 atom stereocenters. The van der Waals surface area contributed by atoms with Gasteiger partial charge in [0.2, 0.25) is 0 Å². The maximum atomic E-state index is 13.5. The van der Waals surface area contributed by atoms with E-state index in [2.05, 4.69) is 0 Å². The highest BCUT2D eigenvalue weighted by Gasteiger charge is 2.46. The Kier molecular flexibility index (Phi) is 8.12. The molecule has 1 heterocycles. The molecule has 198 valence electrons. The molecular weight excluding hydrogens is 510 g/mol. The summed E-state index contributed by atoms with van der Waals surface area (Å²) in [7, 11) is 4.41. The molecule has 1 fully saturated rings. The van der Waals surface area contributed by atoms with E-state index in [0.29, 0.717) is 35.0 Å². The van der Waals surface area contributed by atoms with Crippen molar-refractivity contribution in [3.05, 3.63) is 87.9 Å². The van der Waals surface area contributed by atoms with E-state index in [4.69, 9.17) is 30.5 Å². The first-order chi connectivity index (χ1) is 18.3. The summed E-state index contributed by atoms with van der Waals surface area (Å²) in [4.78, 5) is 28.3. The van der Waals surface area contributed by atoms with Crippen LogP contribution in [0.3, 0.4) is 0 Å². The minimum absolute atomic E-state index is 0.0732. The van der Waals surface area contributed by atoms with Crippen LogP contribution in [0, 0.1) is 0 Å². The molecule has 1 N–H and O–H groups in total. The molecule has 3 aromatic rings. The third kappa shape index (κ3) is 4.99. The predicted molar refractivity (Wildman–Crippen MR) is 143 cm³/mol. The third-order valence-electron chi connectivity index (χ3n) is 6.31. The van der Waals surface area contributed by atoms with Gasteiger partial charge in [-0.25, -0.2) is 0 Å². The molecule has 38 heavy (non-hydrogen) atoms. The fourth-order valence-corrected chi connectivity index (χ4v) is 4.75. The van der Waals surface area contributed by atoms with Gasteiger partial charge in [0.25, 0.3) is 11.7 Å². The fraction of sp³-hybridized carbons (Fsp3) is 0.241. The summed E-state index contributed by atoms with van der Waals surface area (Å²) < 4.78 is 21.7. The van der Waals surface area contributed by atoms with Crippen LogP contribution in [0.5, 0.6) is 23.0 Å². The van der Waals surface area contributed by atoms with E-state index in [-0.39, 0.29) is 28.5 Å². The zero-order valence-corrected chi connectivity index (χ0v) is 22.2. The van der Waals surface area contributed by atoms with E-state index in [1.54, 1.807) is 30.3 Å². The third-order valence-corrected chi connectivity index (χ3v) is 6.60. The van der Waals surface area contributed by atoms with Crippen molar-refractivity contribution in [1.29, 1.82) is 0 Å². The topological polar surface area (TPSA) is 94.5 Å². The second-order valence-electron chi connectivity index (χ2n) is 8.43. The van der Waals surface area contributed by atoms with Crippen LogP contribution in [-0.2, 0) is 16.1 Å². The maximum absolute atomic E-state index is 13.5. The molecule has 1 aliphatic rings. The molecule has 1 aliphatic heterocycles. The summed E-state index contributed by atoms with van der Waals surface area (Å²) >= 11 is 6.34. The van der Waals surface area contributed by atoms with E-state index in [1.807, 2.05) is 25.1 Å². The van der Waals surface area contributed by atoms with Gasteiger partial charge < -0.3 is 29.0 Å². The predicted octanol–water partition coefficient (Wildman–Crippen LogP) is 5.39. The maximum Gasteiger partial charge on any atom is 0.295 e. The number of benzene rings is 3. The number of aliphatic hydroxyl groups is 1. The number of hydrogen-bond donors (Lipinski definition) is 1. The van der Waals surface area contributed by atoms with Gasteiger partial charge in [0.1, 0.15) is 28.8 Å². The van der Waals surface area contributed by atoms with Gasteiger partial charge in [0.15, 0.2) is 0 Å². The average Bonchev–Trinajstić information content (AvgIpc) is 3.18. The lowest BCUT2D eigenvalue weighted by Gasteiger charge is -2.26. The van der Waals surface area contributed by atoms with E-state index in [1.165, 1.54) is 38.4 Å². The molecule has 4 rings (SSSR count). The van der Waals surface area contributed by atoms with Crippen molar-refractivity contribution in [2.45, 2.75) is 19.5 Å². The number of likely N-dealkylation sites (tertiary alicyclic amines) is 1. The number of rotatable bonds is 9. The van der Waals surface area contributed by atoms with Gasteiger partial charge in [0, 0.05) is 11.6 Å². The Balaban J connectivity index is 1.91. The summed E-state index contributed by atoms with van der Waals surface area (Å²) in [6, 6.07) is 16.3. The lowest BCUT2D eigenvalue weighted by atomic mass is 9.94. The molecule has 1 saturated heterocycles. The largest absolute Gasteiger partial charge is 0.507 e. The molecule has 0 aromatic heterocycles. The molecule has 0 bridgehead atoms. The first kappa shape index (κ1) is 26.9. The normalized spacial score (nSPS) is 16.4. The van der Waals surface area contributed by atoms with Crippen LogP contribution in [0.1, 0.15) is 29.7 Å². The summed E-state index contributed by atoms with van der Waals surface area (Å²) in [6.45, 7) is 2.44. The van der Waals surface area contributed by atoms with Crippen molar-refractivity contribution < 1.29 is 33.6 Å². The minimum atomic E-state index is -0.902. The van der Waals surface area contributed by atoms with Crippen molar-refractivity contribution in [2.24, 2.45) is 0 Å². The molecule has 0 spiro atoms. The Bertz CT molecular complexity index is 1380. The van der Waals surface area contributed by atoms with Gasteiger partial charge in [-0.15, -0.1) is 0 Å². The second-order valence-corrected chi connectivity index (χ2v) is 8.84. The van der Waals surface area contributed by atoms with Crippen LogP contribution in [0.25, 0.3) is 5.76 Å². The Labute approximate surface area is 225 Å². The number of nitrogens with zero attached hydrogens (tertiary/aromatic N) is 1. The van der Waals surface area contributed by atoms with E-state index >= 15 is 0 Å². The van der Waals surface area contributed by atoms with Gasteiger partial charge >= 0.3 is 0 Å². The number of carbonyl (C=O) groups is 2. The highest BCUT2D eigenvalue weighted by atomic mass is 35.5. The van der Waals surface area contributed by atoms with Gasteiger partial charge in [-0.3, -0.25) is 9.59 Å². The van der Waals surface area contributed by atoms with Crippen molar-refractivity contribution in [1.82, 2.24) is 4.90 Å². The Morgan fingerprint density at radius 1 is 0.921 bits per heavy atom. The van der Waals surface area contributed by atoms with Crippen LogP contribution < -0.4 is 18.9 Å². The summed E-state index contributed by atoms with van der Waals surface area (Å²) in [5.41, 5.74) is 1.39. The van der Waals surface area contributed by atoms with Crippen LogP contribution in [0.15, 0.2) is 66.2 Å². The summed E-state index contributed by atoms with van der Waals surface area (Å²) in [6.07, 6.45) is 0. The molecule has 0 aliphatic carbocycles. The number of halogens is 1. The SMILES string of the molecule is CCOc1ccc(C2/C(=C(\O)c3cc(Cl)c(OC)cc3OC)C(=O)C(=O)N2Cc2ccccc2OC)cc1. The standard InChI is InChI=1S/C29H28ClNO7/c1-5-38-19-12-10-17(11-13-19)26-25(27(32)20-14-21(30)24(37-4)15-23(20)36-3)28(33)29(34)31(26)16-18-8-6-7-9-22(18)35-2/h6-15,26,32H,5,16H2,1-4H3/b27-25+. The Morgan fingerprint density at radius 2 is 1.58 bits per heavy atom. The minimum Gasteiger partial charge on any atom is -0.507 e. The Morgan fingerprint density at radius 3 is 2.21 bits per heavy atom.